The van der Waals surface area contributed by atoms with Crippen molar-refractivity contribution in [1.29, 1.82) is 0 Å². The molecule has 2 aromatic carbocycles. The molecule has 38 heavy (non-hydrogen) atoms. The van der Waals surface area contributed by atoms with Gasteiger partial charge in [-0.15, -0.1) is 0 Å². The summed E-state index contributed by atoms with van der Waals surface area (Å²) in [4.78, 5) is 51.9. The monoisotopic (exact) mass is 525 g/mol. The summed E-state index contributed by atoms with van der Waals surface area (Å²) in [6.07, 6.45) is -4.45. The summed E-state index contributed by atoms with van der Waals surface area (Å²) in [5.74, 6) is -2.15. The number of amides is 1. The summed E-state index contributed by atoms with van der Waals surface area (Å²) in [6, 6.07) is 11.6. The van der Waals surface area contributed by atoms with Crippen LogP contribution in [0.1, 0.15) is 37.7 Å². The molecule has 0 unspecified atom stereocenters. The van der Waals surface area contributed by atoms with Gasteiger partial charge in [0.1, 0.15) is 11.7 Å². The van der Waals surface area contributed by atoms with Gasteiger partial charge in [0, 0.05) is 30.1 Å². The number of rotatable bonds is 7. The summed E-state index contributed by atoms with van der Waals surface area (Å²) in [5.41, 5.74) is -1.30. The lowest BCUT2D eigenvalue weighted by Crippen LogP contribution is -2.42. The van der Waals surface area contributed by atoms with Crippen molar-refractivity contribution in [2.75, 3.05) is 0 Å². The smallest absolute Gasteiger partial charge is 0.417 e. The van der Waals surface area contributed by atoms with Crippen molar-refractivity contribution < 1.29 is 32.7 Å². The predicted molar refractivity (Wildman–Crippen MR) is 133 cm³/mol. The van der Waals surface area contributed by atoms with Crippen LogP contribution in [0.15, 0.2) is 59.4 Å². The molecule has 0 fully saturated rings. The Balaban J connectivity index is 1.61. The number of aromatic nitrogens is 2. The third-order valence-electron chi connectivity index (χ3n) is 6.35. The number of halogens is 3. The molecule has 2 aromatic heterocycles. The number of alkyl halides is 3. The first-order valence-electron chi connectivity index (χ1n) is 11.4. The molecule has 0 aliphatic heterocycles. The van der Waals surface area contributed by atoms with Gasteiger partial charge in [-0.1, -0.05) is 42.5 Å². The van der Waals surface area contributed by atoms with E-state index >= 15 is 0 Å². The standard InChI is InChI=1S/C27H22F3N3O5/c1-14-11-19(27(28,29)30)22(25(36)33(14)2)16-9-7-15(8-10-16)12-21(26(37)38)32-24(35)23-18(13-34)17-5-3-4-6-20(17)31-23/h3-11,13,21,31H,12H2,1-2H3,(H,32,35)(H,37,38)/t21-/m0/s1. The van der Waals surface area contributed by atoms with Crippen molar-refractivity contribution in [2.24, 2.45) is 7.05 Å². The van der Waals surface area contributed by atoms with Crippen molar-refractivity contribution in [3.8, 4) is 11.1 Å². The van der Waals surface area contributed by atoms with Crippen molar-refractivity contribution >= 4 is 29.1 Å². The van der Waals surface area contributed by atoms with Crippen LogP contribution in [0.5, 0.6) is 0 Å². The minimum Gasteiger partial charge on any atom is -0.480 e. The molecule has 3 N–H and O–H groups in total. The van der Waals surface area contributed by atoms with E-state index in [4.69, 9.17) is 0 Å². The number of aryl methyl sites for hydroxylation is 1. The molecule has 0 aliphatic carbocycles. The van der Waals surface area contributed by atoms with E-state index in [0.29, 0.717) is 22.8 Å². The highest BCUT2D eigenvalue weighted by Crippen LogP contribution is 2.36. The number of aliphatic carboxylic acids is 1. The van der Waals surface area contributed by atoms with Crippen LogP contribution >= 0.6 is 0 Å². The van der Waals surface area contributed by atoms with E-state index in [1.807, 2.05) is 0 Å². The van der Waals surface area contributed by atoms with Crippen molar-refractivity contribution in [3.63, 3.8) is 0 Å². The first kappa shape index (κ1) is 26.4. The molecule has 1 atom stereocenters. The maximum atomic E-state index is 13.7. The molecule has 11 heteroatoms. The molecule has 8 nitrogen and oxygen atoms in total. The molecule has 0 saturated carbocycles. The van der Waals surface area contributed by atoms with E-state index < -0.39 is 40.8 Å². The van der Waals surface area contributed by atoms with Gasteiger partial charge in [-0.3, -0.25) is 14.4 Å². The molecular formula is C27H22F3N3O5. The lowest BCUT2D eigenvalue weighted by atomic mass is 9.97. The van der Waals surface area contributed by atoms with Crippen molar-refractivity contribution in [3.05, 3.63) is 93.0 Å². The van der Waals surface area contributed by atoms with Gasteiger partial charge in [0.25, 0.3) is 11.5 Å². The lowest BCUT2D eigenvalue weighted by molar-refractivity contribution is -0.139. The second kappa shape index (κ2) is 10.0. The fraction of sp³-hybridized carbons (Fsp3) is 0.185. The number of fused-ring (bicyclic) bond motifs is 1. The van der Waals surface area contributed by atoms with Crippen LogP contribution in [0.4, 0.5) is 13.2 Å². The van der Waals surface area contributed by atoms with Crippen LogP contribution in [0, 0.1) is 6.92 Å². The van der Waals surface area contributed by atoms with Crippen LogP contribution in [-0.2, 0) is 24.4 Å². The molecule has 0 radical (unpaired) electrons. The predicted octanol–water partition coefficient (Wildman–Crippen LogP) is 4.10. The molecule has 4 aromatic rings. The van der Waals surface area contributed by atoms with Gasteiger partial charge >= 0.3 is 12.1 Å². The van der Waals surface area contributed by atoms with Crippen LogP contribution < -0.4 is 10.9 Å². The number of hydrogen-bond acceptors (Lipinski definition) is 4. The zero-order chi connectivity index (χ0) is 27.8. The zero-order valence-electron chi connectivity index (χ0n) is 20.2. The Morgan fingerprint density at radius 2 is 1.79 bits per heavy atom. The quantitative estimate of drug-likeness (QED) is 0.314. The number of H-pyrrole nitrogens is 1. The average Bonchev–Trinajstić information content (AvgIpc) is 3.25. The number of para-hydroxylation sites is 1. The van der Waals surface area contributed by atoms with Crippen molar-refractivity contribution in [2.45, 2.75) is 25.6 Å². The first-order chi connectivity index (χ1) is 17.9. The minimum atomic E-state index is -4.76. The molecule has 2 heterocycles. The second-order valence-electron chi connectivity index (χ2n) is 8.78. The Kier molecular flexibility index (Phi) is 6.95. The molecular weight excluding hydrogens is 503 g/mol. The normalized spacial score (nSPS) is 12.3. The number of pyridine rings is 1. The Labute approximate surface area is 213 Å². The summed E-state index contributed by atoms with van der Waals surface area (Å²) in [5, 5.41) is 12.6. The summed E-state index contributed by atoms with van der Waals surface area (Å²) < 4.78 is 42.1. The van der Waals surface area contributed by atoms with Gasteiger partial charge in [-0.25, -0.2) is 4.79 Å². The maximum Gasteiger partial charge on any atom is 0.417 e. The van der Waals surface area contributed by atoms with E-state index in [1.54, 1.807) is 24.3 Å². The number of hydrogen-bond donors (Lipinski definition) is 3. The van der Waals surface area contributed by atoms with Gasteiger partial charge < -0.3 is 20.0 Å². The molecule has 0 bridgehead atoms. The molecule has 1 amide bonds. The van der Waals surface area contributed by atoms with Crippen LogP contribution in [0.3, 0.4) is 0 Å². The van der Waals surface area contributed by atoms with E-state index in [1.165, 1.54) is 38.2 Å². The van der Waals surface area contributed by atoms with E-state index in [0.717, 1.165) is 10.6 Å². The van der Waals surface area contributed by atoms with Gasteiger partial charge in [0.05, 0.1) is 16.7 Å². The Hall–Kier alpha value is -4.67. The number of carbonyl (C=O) groups is 3. The summed E-state index contributed by atoms with van der Waals surface area (Å²) >= 11 is 0. The number of nitrogens with zero attached hydrogens (tertiary/aromatic N) is 1. The topological polar surface area (TPSA) is 121 Å². The third-order valence-corrected chi connectivity index (χ3v) is 6.35. The number of carboxylic acid groups (broad SMARTS) is 1. The Morgan fingerprint density at radius 1 is 1.13 bits per heavy atom. The second-order valence-corrected chi connectivity index (χ2v) is 8.78. The van der Waals surface area contributed by atoms with Crippen LogP contribution in [0.2, 0.25) is 0 Å². The number of aldehydes is 1. The lowest BCUT2D eigenvalue weighted by Gasteiger charge is -2.17. The highest BCUT2D eigenvalue weighted by atomic mass is 19.4. The largest absolute Gasteiger partial charge is 0.480 e. The third kappa shape index (κ3) is 4.95. The highest BCUT2D eigenvalue weighted by molar-refractivity contribution is 6.10. The Bertz CT molecular complexity index is 1620. The minimum absolute atomic E-state index is 0.0197. The average molecular weight is 525 g/mol. The number of carboxylic acids is 1. The molecule has 0 spiro atoms. The molecule has 0 aliphatic rings. The Morgan fingerprint density at radius 3 is 2.39 bits per heavy atom. The molecule has 0 saturated heterocycles. The number of benzene rings is 2. The maximum absolute atomic E-state index is 13.7. The number of nitrogens with one attached hydrogen (secondary N) is 2. The highest BCUT2D eigenvalue weighted by Gasteiger charge is 2.36. The van der Waals surface area contributed by atoms with Crippen molar-refractivity contribution in [1.82, 2.24) is 14.9 Å². The van der Waals surface area contributed by atoms with E-state index in [-0.39, 0.29) is 28.9 Å². The summed E-state index contributed by atoms with van der Waals surface area (Å²) in [6.45, 7) is 1.40. The van der Waals surface area contributed by atoms with Gasteiger partial charge in [0.2, 0.25) is 0 Å². The molecule has 4 rings (SSSR count). The van der Waals surface area contributed by atoms with Crippen LogP contribution in [0.25, 0.3) is 22.0 Å². The fourth-order valence-corrected chi connectivity index (χ4v) is 4.26. The zero-order valence-corrected chi connectivity index (χ0v) is 20.2. The fourth-order valence-electron chi connectivity index (χ4n) is 4.26. The molecule has 196 valence electrons. The summed E-state index contributed by atoms with van der Waals surface area (Å²) in [7, 11) is 1.37. The van der Waals surface area contributed by atoms with Gasteiger partial charge in [-0.2, -0.15) is 13.2 Å². The van der Waals surface area contributed by atoms with Gasteiger partial charge in [-0.05, 0) is 30.2 Å². The van der Waals surface area contributed by atoms with E-state index in [9.17, 15) is 37.5 Å². The first-order valence-corrected chi connectivity index (χ1v) is 11.4. The van der Waals surface area contributed by atoms with E-state index in [2.05, 4.69) is 10.3 Å². The van der Waals surface area contributed by atoms with Gasteiger partial charge in [0.15, 0.2) is 6.29 Å². The van der Waals surface area contributed by atoms with Crippen LogP contribution in [-0.4, -0.2) is 38.9 Å². The SMILES string of the molecule is Cc1cc(C(F)(F)F)c(-c2ccc(C[C@H](NC(=O)c3[nH]c4ccccc4c3C=O)C(=O)O)cc2)c(=O)n1C. The number of aromatic amines is 1. The number of carbonyl (C=O) groups excluding carboxylic acids is 2.